The summed E-state index contributed by atoms with van der Waals surface area (Å²) in [5.41, 5.74) is 1.06. The molecule has 0 spiro atoms. The van der Waals surface area contributed by atoms with Crippen LogP contribution < -0.4 is 10.2 Å². The van der Waals surface area contributed by atoms with Crippen LogP contribution in [-0.2, 0) is 4.79 Å². The summed E-state index contributed by atoms with van der Waals surface area (Å²) in [6, 6.07) is 2.41. The molecule has 4 rings (SSSR count). The fraction of sp³-hybridized carbons (Fsp3) is 0.588. The van der Waals surface area contributed by atoms with Crippen molar-refractivity contribution < 1.29 is 4.79 Å². The van der Waals surface area contributed by atoms with Gasteiger partial charge in [0.1, 0.15) is 17.8 Å². The van der Waals surface area contributed by atoms with Gasteiger partial charge in [-0.3, -0.25) is 4.79 Å². The number of piperidine rings is 1. The Morgan fingerprint density at radius 3 is 2.87 bits per heavy atom. The van der Waals surface area contributed by atoms with Crippen molar-refractivity contribution in [1.82, 2.24) is 20.3 Å². The van der Waals surface area contributed by atoms with Gasteiger partial charge < -0.3 is 15.2 Å². The van der Waals surface area contributed by atoms with E-state index in [1.54, 1.807) is 6.33 Å². The van der Waals surface area contributed by atoms with Gasteiger partial charge in [0.15, 0.2) is 0 Å². The summed E-state index contributed by atoms with van der Waals surface area (Å²) >= 11 is 0. The number of hydrogen-bond acceptors (Lipinski definition) is 4. The lowest BCUT2D eigenvalue weighted by molar-refractivity contribution is -0.129. The van der Waals surface area contributed by atoms with Crippen LogP contribution in [0, 0.1) is 10.8 Å². The molecule has 1 amide bonds. The standard InChI is InChI=1S/C17H23N5O/c1-16-6-11(7-17(16,2)9-19-13(23)8-16)22(3)15-12-4-5-18-14(12)20-10-21-15/h4-5,10-11H,6-9H2,1-3H3,(H,19,23)(H,18,20,21)/t11-,16-,17+/m1/s1. The normalized spacial score (nSPS) is 33.5. The molecule has 2 aromatic heterocycles. The lowest BCUT2D eigenvalue weighted by Gasteiger charge is -2.44. The van der Waals surface area contributed by atoms with E-state index in [9.17, 15) is 4.79 Å². The van der Waals surface area contributed by atoms with E-state index >= 15 is 0 Å². The molecule has 3 heterocycles. The van der Waals surface area contributed by atoms with Gasteiger partial charge in [0.25, 0.3) is 0 Å². The van der Waals surface area contributed by atoms with Crippen LogP contribution >= 0.6 is 0 Å². The predicted octanol–water partition coefficient (Wildman–Crippen LogP) is 2.09. The Kier molecular flexibility index (Phi) is 2.95. The van der Waals surface area contributed by atoms with Gasteiger partial charge in [-0.25, -0.2) is 9.97 Å². The SMILES string of the molecule is CN(c1ncnc2[nH]ccc12)[C@@H]1C[C@]2(C)CC(=O)NC[C@]2(C)C1. The minimum absolute atomic E-state index is 0.0541. The molecular formula is C17H23N5O. The zero-order valence-corrected chi connectivity index (χ0v) is 13.9. The van der Waals surface area contributed by atoms with Crippen molar-refractivity contribution in [3.8, 4) is 0 Å². The third-order valence-electron chi connectivity index (χ3n) is 6.27. The van der Waals surface area contributed by atoms with Gasteiger partial charge in [0, 0.05) is 32.3 Å². The molecule has 0 radical (unpaired) electrons. The molecule has 1 saturated carbocycles. The first-order chi connectivity index (χ1) is 10.9. The highest BCUT2D eigenvalue weighted by molar-refractivity contribution is 5.87. The van der Waals surface area contributed by atoms with E-state index in [2.05, 4.69) is 46.1 Å². The summed E-state index contributed by atoms with van der Waals surface area (Å²) in [5, 5.41) is 4.11. The summed E-state index contributed by atoms with van der Waals surface area (Å²) in [6.45, 7) is 5.35. The average Bonchev–Trinajstić information content (AvgIpc) is 3.08. The van der Waals surface area contributed by atoms with E-state index in [1.807, 2.05) is 12.3 Å². The molecule has 0 aromatic carbocycles. The zero-order valence-electron chi connectivity index (χ0n) is 13.9. The number of carbonyl (C=O) groups excluding carboxylic acids is 1. The maximum atomic E-state index is 11.9. The maximum Gasteiger partial charge on any atom is 0.220 e. The van der Waals surface area contributed by atoms with Gasteiger partial charge in [-0.2, -0.15) is 0 Å². The second kappa shape index (κ2) is 4.69. The predicted molar refractivity (Wildman–Crippen MR) is 89.2 cm³/mol. The maximum absolute atomic E-state index is 11.9. The Balaban J connectivity index is 1.67. The highest BCUT2D eigenvalue weighted by Crippen LogP contribution is 2.57. The molecule has 0 unspecified atom stereocenters. The third-order valence-corrected chi connectivity index (χ3v) is 6.27. The Hall–Kier alpha value is -2.11. The first-order valence-corrected chi connectivity index (χ1v) is 8.20. The number of aromatic nitrogens is 3. The molecule has 2 N–H and O–H groups in total. The minimum Gasteiger partial charge on any atom is -0.356 e. The second-order valence-electron chi connectivity index (χ2n) is 7.69. The molecule has 6 nitrogen and oxygen atoms in total. The third kappa shape index (κ3) is 2.04. The Morgan fingerprint density at radius 2 is 2.04 bits per heavy atom. The summed E-state index contributed by atoms with van der Waals surface area (Å²) in [6.07, 6.45) is 6.22. The van der Waals surface area contributed by atoms with Gasteiger partial charge in [0.05, 0.1) is 5.39 Å². The van der Waals surface area contributed by atoms with Crippen LogP contribution in [0.15, 0.2) is 18.6 Å². The number of aromatic amines is 1. The van der Waals surface area contributed by atoms with Crippen molar-refractivity contribution in [3.63, 3.8) is 0 Å². The van der Waals surface area contributed by atoms with Crippen LogP contribution in [-0.4, -0.2) is 40.5 Å². The van der Waals surface area contributed by atoms with Crippen molar-refractivity contribution in [2.45, 2.75) is 39.2 Å². The number of nitrogens with one attached hydrogen (secondary N) is 2. The van der Waals surface area contributed by atoms with E-state index in [-0.39, 0.29) is 16.7 Å². The van der Waals surface area contributed by atoms with Gasteiger partial charge in [-0.05, 0) is 29.7 Å². The lowest BCUT2D eigenvalue weighted by atomic mass is 9.64. The summed E-state index contributed by atoms with van der Waals surface area (Å²) < 4.78 is 0. The van der Waals surface area contributed by atoms with E-state index in [0.29, 0.717) is 12.5 Å². The van der Waals surface area contributed by atoms with Crippen LogP contribution in [0.25, 0.3) is 11.0 Å². The smallest absolute Gasteiger partial charge is 0.220 e. The number of anilines is 1. The molecule has 2 aromatic rings. The van der Waals surface area contributed by atoms with E-state index in [1.165, 1.54) is 0 Å². The number of fused-ring (bicyclic) bond motifs is 2. The average molecular weight is 313 g/mol. The monoisotopic (exact) mass is 313 g/mol. The molecule has 1 saturated heterocycles. The molecule has 6 heteroatoms. The largest absolute Gasteiger partial charge is 0.356 e. The van der Waals surface area contributed by atoms with Crippen molar-refractivity contribution in [1.29, 1.82) is 0 Å². The lowest BCUT2D eigenvalue weighted by Crippen LogP contribution is -2.50. The Bertz CT molecular complexity index is 771. The van der Waals surface area contributed by atoms with E-state index in [0.717, 1.165) is 36.2 Å². The molecular weight excluding hydrogens is 290 g/mol. The number of amides is 1. The van der Waals surface area contributed by atoms with Gasteiger partial charge in [-0.15, -0.1) is 0 Å². The quantitative estimate of drug-likeness (QED) is 0.890. The summed E-state index contributed by atoms with van der Waals surface area (Å²) in [7, 11) is 2.11. The van der Waals surface area contributed by atoms with Crippen LogP contribution in [0.3, 0.4) is 0 Å². The van der Waals surface area contributed by atoms with Crippen LogP contribution in [0.4, 0.5) is 5.82 Å². The van der Waals surface area contributed by atoms with Crippen molar-refractivity contribution >= 4 is 22.8 Å². The Morgan fingerprint density at radius 1 is 1.26 bits per heavy atom. The fourth-order valence-electron chi connectivity index (χ4n) is 4.47. The van der Waals surface area contributed by atoms with Crippen molar-refractivity contribution in [3.05, 3.63) is 18.6 Å². The number of hydrogen-bond donors (Lipinski definition) is 2. The van der Waals surface area contributed by atoms with Crippen molar-refractivity contribution in [2.75, 3.05) is 18.5 Å². The van der Waals surface area contributed by atoms with Gasteiger partial charge in [0.2, 0.25) is 5.91 Å². The number of carbonyl (C=O) groups is 1. The van der Waals surface area contributed by atoms with Crippen molar-refractivity contribution in [2.24, 2.45) is 10.8 Å². The summed E-state index contributed by atoms with van der Waals surface area (Å²) in [5.74, 6) is 1.15. The number of nitrogens with zero attached hydrogens (tertiary/aromatic N) is 3. The molecule has 23 heavy (non-hydrogen) atoms. The molecule has 1 aliphatic carbocycles. The van der Waals surface area contributed by atoms with Crippen LogP contribution in [0.1, 0.15) is 33.1 Å². The minimum atomic E-state index is 0.0541. The second-order valence-corrected chi connectivity index (χ2v) is 7.69. The number of rotatable bonds is 2. The van der Waals surface area contributed by atoms with E-state index in [4.69, 9.17) is 0 Å². The molecule has 2 fully saturated rings. The molecule has 2 aliphatic rings. The van der Waals surface area contributed by atoms with Crippen LogP contribution in [0.5, 0.6) is 0 Å². The molecule has 0 bridgehead atoms. The Labute approximate surface area is 135 Å². The van der Waals surface area contributed by atoms with Gasteiger partial charge in [-0.1, -0.05) is 13.8 Å². The topological polar surface area (TPSA) is 73.9 Å². The first-order valence-electron chi connectivity index (χ1n) is 8.20. The van der Waals surface area contributed by atoms with Gasteiger partial charge >= 0.3 is 0 Å². The summed E-state index contributed by atoms with van der Waals surface area (Å²) in [4.78, 5) is 26.1. The first kappa shape index (κ1) is 14.5. The van der Waals surface area contributed by atoms with E-state index < -0.39 is 0 Å². The zero-order chi connectivity index (χ0) is 16.2. The fourth-order valence-corrected chi connectivity index (χ4v) is 4.47. The number of H-pyrrole nitrogens is 1. The van der Waals surface area contributed by atoms with Crippen LogP contribution in [0.2, 0.25) is 0 Å². The highest BCUT2D eigenvalue weighted by Gasteiger charge is 2.56. The highest BCUT2D eigenvalue weighted by atomic mass is 16.1. The molecule has 1 aliphatic heterocycles. The molecule has 122 valence electrons. The molecule has 3 atom stereocenters.